The van der Waals surface area contributed by atoms with Crippen LogP contribution in [-0.4, -0.2) is 32.6 Å². The molecule has 0 atom stereocenters. The van der Waals surface area contributed by atoms with Gasteiger partial charge in [0, 0.05) is 38.6 Å². The number of carbonyl (C=O) groups excluding carboxylic acids is 1. The Labute approximate surface area is 110 Å². The van der Waals surface area contributed by atoms with E-state index < -0.39 is 0 Å². The maximum atomic E-state index is 12.1. The van der Waals surface area contributed by atoms with Crippen LogP contribution in [0.4, 0.5) is 0 Å². The average molecular weight is 255 g/mol. The van der Waals surface area contributed by atoms with E-state index in [0.717, 1.165) is 5.56 Å². The number of amides is 1. The van der Waals surface area contributed by atoms with Crippen LogP contribution in [0.5, 0.6) is 0 Å². The van der Waals surface area contributed by atoms with Crippen LogP contribution in [0.25, 0.3) is 0 Å². The Balaban J connectivity index is 2.08. The van der Waals surface area contributed by atoms with Crippen LogP contribution in [-0.2, 0) is 13.6 Å². The molecular weight excluding hydrogens is 242 g/mol. The van der Waals surface area contributed by atoms with Crippen molar-refractivity contribution in [1.29, 1.82) is 5.26 Å². The van der Waals surface area contributed by atoms with E-state index in [9.17, 15) is 4.79 Å². The Morgan fingerprint density at radius 2 is 2.26 bits per heavy atom. The summed E-state index contributed by atoms with van der Waals surface area (Å²) in [5.41, 5.74) is 1.71. The van der Waals surface area contributed by atoms with Gasteiger partial charge in [0.15, 0.2) is 0 Å². The number of hydrogen-bond donors (Lipinski definition) is 0. The Kier molecular flexibility index (Phi) is 3.57. The van der Waals surface area contributed by atoms with Crippen LogP contribution in [0.15, 0.2) is 30.7 Å². The van der Waals surface area contributed by atoms with E-state index in [4.69, 9.17) is 5.26 Å². The van der Waals surface area contributed by atoms with Gasteiger partial charge in [-0.3, -0.25) is 9.48 Å². The molecule has 2 aromatic heterocycles. The second-order valence-electron chi connectivity index (χ2n) is 4.23. The number of rotatable bonds is 3. The third-order valence-corrected chi connectivity index (χ3v) is 2.64. The molecule has 96 valence electrons. The van der Waals surface area contributed by atoms with Gasteiger partial charge in [0.1, 0.15) is 11.8 Å². The molecule has 6 nitrogen and oxygen atoms in total. The molecule has 0 saturated carbocycles. The first kappa shape index (κ1) is 12.8. The molecule has 19 heavy (non-hydrogen) atoms. The fraction of sp³-hybridized carbons (Fsp3) is 0.231. The molecule has 0 bridgehead atoms. The molecule has 0 N–H and O–H groups in total. The van der Waals surface area contributed by atoms with Crippen molar-refractivity contribution in [2.24, 2.45) is 7.05 Å². The Morgan fingerprint density at radius 3 is 2.79 bits per heavy atom. The Bertz CT molecular complexity index is 623. The van der Waals surface area contributed by atoms with Crippen molar-refractivity contribution < 1.29 is 4.79 Å². The lowest BCUT2D eigenvalue weighted by Gasteiger charge is -2.15. The molecule has 2 heterocycles. The highest BCUT2D eigenvalue weighted by molar-refractivity contribution is 5.92. The first-order valence-corrected chi connectivity index (χ1v) is 5.69. The highest BCUT2D eigenvalue weighted by atomic mass is 16.2. The van der Waals surface area contributed by atoms with Crippen molar-refractivity contribution in [1.82, 2.24) is 19.7 Å². The van der Waals surface area contributed by atoms with E-state index in [0.29, 0.717) is 17.8 Å². The van der Waals surface area contributed by atoms with Gasteiger partial charge in [-0.1, -0.05) is 0 Å². The summed E-state index contributed by atoms with van der Waals surface area (Å²) in [6.07, 6.45) is 4.97. The molecule has 2 rings (SSSR count). The van der Waals surface area contributed by atoms with Gasteiger partial charge in [0.25, 0.3) is 5.91 Å². The third kappa shape index (κ3) is 2.96. The van der Waals surface area contributed by atoms with Gasteiger partial charge in [-0.2, -0.15) is 10.4 Å². The van der Waals surface area contributed by atoms with Gasteiger partial charge in [0.2, 0.25) is 0 Å². The summed E-state index contributed by atoms with van der Waals surface area (Å²) in [5.74, 6) is -0.187. The fourth-order valence-corrected chi connectivity index (χ4v) is 1.68. The van der Waals surface area contributed by atoms with Crippen molar-refractivity contribution in [3.8, 4) is 6.07 Å². The number of nitrogens with zero attached hydrogens (tertiary/aromatic N) is 5. The average Bonchev–Trinajstić information content (AvgIpc) is 2.83. The van der Waals surface area contributed by atoms with E-state index in [1.54, 1.807) is 35.0 Å². The molecule has 0 fully saturated rings. The number of aryl methyl sites for hydroxylation is 1. The van der Waals surface area contributed by atoms with Crippen molar-refractivity contribution >= 4 is 5.91 Å². The van der Waals surface area contributed by atoms with Gasteiger partial charge >= 0.3 is 0 Å². The predicted octanol–water partition coefficient (Wildman–Crippen LogP) is 0.959. The van der Waals surface area contributed by atoms with Crippen LogP contribution in [0.1, 0.15) is 21.6 Å². The van der Waals surface area contributed by atoms with E-state index in [-0.39, 0.29) is 5.91 Å². The third-order valence-electron chi connectivity index (χ3n) is 2.64. The predicted molar refractivity (Wildman–Crippen MR) is 68.0 cm³/mol. The summed E-state index contributed by atoms with van der Waals surface area (Å²) < 4.78 is 1.69. The molecule has 2 aromatic rings. The molecule has 0 unspecified atom stereocenters. The highest BCUT2D eigenvalue weighted by Crippen LogP contribution is 2.06. The van der Waals surface area contributed by atoms with E-state index >= 15 is 0 Å². The molecule has 0 saturated heterocycles. The van der Waals surface area contributed by atoms with Gasteiger partial charge in [-0.05, 0) is 12.1 Å². The largest absolute Gasteiger partial charge is 0.336 e. The SMILES string of the molecule is CN(Cc1cnn(C)c1)C(=O)c1ccc(C#N)cn1. The lowest BCUT2D eigenvalue weighted by Crippen LogP contribution is -2.26. The maximum Gasteiger partial charge on any atom is 0.272 e. The number of pyridine rings is 1. The van der Waals surface area contributed by atoms with Crippen LogP contribution >= 0.6 is 0 Å². The topological polar surface area (TPSA) is 74.8 Å². The molecule has 0 radical (unpaired) electrons. The molecule has 0 aromatic carbocycles. The lowest BCUT2D eigenvalue weighted by atomic mass is 10.2. The second kappa shape index (κ2) is 5.31. The zero-order valence-corrected chi connectivity index (χ0v) is 10.7. The summed E-state index contributed by atoms with van der Waals surface area (Å²) in [6.45, 7) is 0.467. The summed E-state index contributed by atoms with van der Waals surface area (Å²) >= 11 is 0. The lowest BCUT2D eigenvalue weighted by molar-refractivity contribution is 0.0779. The molecule has 0 aliphatic carbocycles. The van der Waals surface area contributed by atoms with Crippen molar-refractivity contribution in [2.45, 2.75) is 6.54 Å². The molecule has 0 aliphatic heterocycles. The Morgan fingerprint density at radius 1 is 1.47 bits per heavy atom. The van der Waals surface area contributed by atoms with Crippen molar-refractivity contribution in [3.63, 3.8) is 0 Å². The summed E-state index contributed by atoms with van der Waals surface area (Å²) in [7, 11) is 3.53. The van der Waals surface area contributed by atoms with Crippen molar-refractivity contribution in [3.05, 3.63) is 47.5 Å². The quantitative estimate of drug-likeness (QED) is 0.818. The van der Waals surface area contributed by atoms with Gasteiger partial charge in [0.05, 0.1) is 11.8 Å². The molecule has 0 spiro atoms. The van der Waals surface area contributed by atoms with Gasteiger partial charge in [-0.15, -0.1) is 0 Å². The maximum absolute atomic E-state index is 12.1. The molecule has 0 aliphatic rings. The number of hydrogen-bond acceptors (Lipinski definition) is 4. The smallest absolute Gasteiger partial charge is 0.272 e. The van der Waals surface area contributed by atoms with Crippen LogP contribution in [0.3, 0.4) is 0 Å². The van der Waals surface area contributed by atoms with Crippen LogP contribution in [0, 0.1) is 11.3 Å². The molecule has 6 heteroatoms. The zero-order valence-electron chi connectivity index (χ0n) is 10.7. The number of nitriles is 1. The normalized spacial score (nSPS) is 9.95. The van der Waals surface area contributed by atoms with Crippen LogP contribution < -0.4 is 0 Å². The van der Waals surface area contributed by atoms with E-state index in [1.165, 1.54) is 6.20 Å². The molecular formula is C13H13N5O. The first-order valence-electron chi connectivity index (χ1n) is 5.69. The number of aromatic nitrogens is 3. The second-order valence-corrected chi connectivity index (χ2v) is 4.23. The van der Waals surface area contributed by atoms with Gasteiger partial charge in [-0.25, -0.2) is 4.98 Å². The van der Waals surface area contributed by atoms with Gasteiger partial charge < -0.3 is 4.90 Å². The fourth-order valence-electron chi connectivity index (χ4n) is 1.68. The first-order chi connectivity index (χ1) is 9.10. The van der Waals surface area contributed by atoms with E-state index in [2.05, 4.69) is 10.1 Å². The Hall–Kier alpha value is -2.68. The minimum Gasteiger partial charge on any atom is -0.336 e. The monoisotopic (exact) mass is 255 g/mol. The number of carbonyl (C=O) groups is 1. The van der Waals surface area contributed by atoms with E-state index in [1.807, 2.05) is 19.3 Å². The molecule has 1 amide bonds. The standard InChI is InChI=1S/C13H13N5O/c1-17(8-11-7-16-18(2)9-11)13(19)12-4-3-10(5-14)6-15-12/h3-4,6-7,9H,8H2,1-2H3. The highest BCUT2D eigenvalue weighted by Gasteiger charge is 2.13. The summed E-state index contributed by atoms with van der Waals surface area (Å²) in [6, 6.07) is 5.10. The minimum absolute atomic E-state index is 0.187. The zero-order chi connectivity index (χ0) is 13.8. The summed E-state index contributed by atoms with van der Waals surface area (Å²) in [4.78, 5) is 17.7. The van der Waals surface area contributed by atoms with Crippen LogP contribution in [0.2, 0.25) is 0 Å². The summed E-state index contributed by atoms with van der Waals surface area (Å²) in [5, 5.41) is 12.7. The van der Waals surface area contributed by atoms with Crippen molar-refractivity contribution in [2.75, 3.05) is 7.05 Å². The minimum atomic E-state index is -0.187.